The maximum atomic E-state index is 11.9. The van der Waals surface area contributed by atoms with Crippen LogP contribution in [0.1, 0.15) is 19.4 Å². The molecule has 0 aliphatic heterocycles. The normalized spacial score (nSPS) is 24.3. The van der Waals surface area contributed by atoms with E-state index in [1.807, 2.05) is 36.4 Å². The van der Waals surface area contributed by atoms with E-state index in [-0.39, 0.29) is 23.2 Å². The van der Waals surface area contributed by atoms with Crippen molar-refractivity contribution in [2.75, 3.05) is 6.61 Å². The Labute approximate surface area is 109 Å². The number of hydrogen-bond donors (Lipinski definition) is 0. The summed E-state index contributed by atoms with van der Waals surface area (Å²) in [6, 6.07) is 10.1. The van der Waals surface area contributed by atoms with Crippen LogP contribution in [0.3, 0.4) is 0 Å². The third-order valence-corrected chi connectivity index (χ3v) is 3.90. The van der Waals surface area contributed by atoms with E-state index >= 15 is 0 Å². The average molecular weight is 244 g/mol. The number of allylic oxidation sites excluding steroid dienone is 1. The van der Waals surface area contributed by atoms with E-state index in [4.69, 9.17) is 4.74 Å². The van der Waals surface area contributed by atoms with Crippen LogP contribution in [0, 0.1) is 17.3 Å². The summed E-state index contributed by atoms with van der Waals surface area (Å²) in [5, 5.41) is 0. The third-order valence-electron chi connectivity index (χ3n) is 3.90. The Morgan fingerprint density at radius 3 is 2.61 bits per heavy atom. The molecule has 0 amide bonds. The van der Waals surface area contributed by atoms with Gasteiger partial charge in [0.2, 0.25) is 0 Å². The largest absolute Gasteiger partial charge is 0.465 e. The van der Waals surface area contributed by atoms with E-state index in [0.29, 0.717) is 6.61 Å². The van der Waals surface area contributed by atoms with Crippen molar-refractivity contribution in [1.29, 1.82) is 0 Å². The predicted octanol–water partition coefficient (Wildman–Crippen LogP) is 3.23. The van der Waals surface area contributed by atoms with Crippen molar-refractivity contribution in [3.63, 3.8) is 0 Å². The Hall–Kier alpha value is -1.57. The fraction of sp³-hybridized carbons (Fsp3) is 0.438. The Morgan fingerprint density at radius 2 is 2.06 bits per heavy atom. The Balaban J connectivity index is 1.78. The van der Waals surface area contributed by atoms with E-state index in [1.165, 1.54) is 5.56 Å². The van der Waals surface area contributed by atoms with Crippen LogP contribution in [0.4, 0.5) is 0 Å². The lowest BCUT2D eigenvalue weighted by Crippen LogP contribution is -2.12. The van der Waals surface area contributed by atoms with Gasteiger partial charge in [-0.2, -0.15) is 0 Å². The van der Waals surface area contributed by atoms with Gasteiger partial charge < -0.3 is 4.74 Å². The van der Waals surface area contributed by atoms with Crippen molar-refractivity contribution in [1.82, 2.24) is 0 Å². The number of ether oxygens (including phenoxy) is 1. The number of carbonyl (C=O) groups is 1. The van der Waals surface area contributed by atoms with Crippen LogP contribution in [-0.4, -0.2) is 12.6 Å². The molecule has 0 N–H and O–H groups in total. The van der Waals surface area contributed by atoms with Crippen LogP contribution in [-0.2, 0) is 16.0 Å². The molecule has 0 spiro atoms. The van der Waals surface area contributed by atoms with Crippen molar-refractivity contribution in [2.24, 2.45) is 17.3 Å². The standard InChI is InChI=1S/C16H20O2/c1-4-13-14(16(13,2)3)15(17)18-11-10-12-8-6-5-7-9-12/h4-9,13-14H,1,10-11H2,2-3H3/t13-,14-/m0/s1. The van der Waals surface area contributed by atoms with Gasteiger partial charge >= 0.3 is 5.97 Å². The summed E-state index contributed by atoms with van der Waals surface area (Å²) in [6.07, 6.45) is 2.64. The molecule has 96 valence electrons. The van der Waals surface area contributed by atoms with Crippen LogP contribution < -0.4 is 0 Å². The van der Waals surface area contributed by atoms with E-state index in [9.17, 15) is 4.79 Å². The van der Waals surface area contributed by atoms with Gasteiger partial charge in [0, 0.05) is 6.42 Å². The molecule has 1 saturated carbocycles. The molecule has 18 heavy (non-hydrogen) atoms. The van der Waals surface area contributed by atoms with Gasteiger partial charge in [0.1, 0.15) is 0 Å². The number of rotatable bonds is 5. The van der Waals surface area contributed by atoms with Crippen molar-refractivity contribution < 1.29 is 9.53 Å². The summed E-state index contributed by atoms with van der Waals surface area (Å²) in [4.78, 5) is 11.9. The van der Waals surface area contributed by atoms with Crippen LogP contribution in [0.15, 0.2) is 43.0 Å². The summed E-state index contributed by atoms with van der Waals surface area (Å²) < 4.78 is 5.35. The molecular weight excluding hydrogens is 224 g/mol. The van der Waals surface area contributed by atoms with Crippen LogP contribution >= 0.6 is 0 Å². The SMILES string of the molecule is C=C[C@H]1[C@@H](C(=O)OCCc2ccccc2)C1(C)C. The lowest BCUT2D eigenvalue weighted by atomic mass is 10.1. The molecule has 1 aromatic carbocycles. The van der Waals surface area contributed by atoms with Crippen molar-refractivity contribution >= 4 is 5.97 Å². The first-order chi connectivity index (χ1) is 8.57. The maximum absolute atomic E-state index is 11.9. The third kappa shape index (κ3) is 2.47. The summed E-state index contributed by atoms with van der Waals surface area (Å²) in [5.74, 6) is 0.174. The minimum Gasteiger partial charge on any atom is -0.465 e. The number of benzene rings is 1. The smallest absolute Gasteiger partial charge is 0.310 e. The highest BCUT2D eigenvalue weighted by Gasteiger charge is 2.60. The first-order valence-corrected chi connectivity index (χ1v) is 6.40. The van der Waals surface area contributed by atoms with Crippen LogP contribution in [0.25, 0.3) is 0 Å². The lowest BCUT2D eigenvalue weighted by Gasteiger charge is -2.05. The van der Waals surface area contributed by atoms with Gasteiger partial charge in [-0.25, -0.2) is 0 Å². The van der Waals surface area contributed by atoms with Crippen LogP contribution in [0.2, 0.25) is 0 Å². The first kappa shape index (κ1) is 12.9. The van der Waals surface area contributed by atoms with Gasteiger partial charge in [-0.05, 0) is 16.9 Å². The Morgan fingerprint density at radius 1 is 1.39 bits per heavy atom. The summed E-state index contributed by atoms with van der Waals surface area (Å²) in [6.45, 7) is 8.40. The molecule has 2 nitrogen and oxygen atoms in total. The first-order valence-electron chi connectivity index (χ1n) is 6.40. The molecule has 1 fully saturated rings. The minimum absolute atomic E-state index is 0.00854. The highest BCUT2D eigenvalue weighted by Crippen LogP contribution is 2.59. The Kier molecular flexibility index (Phi) is 3.55. The molecule has 1 aliphatic rings. The monoisotopic (exact) mass is 244 g/mol. The summed E-state index contributed by atoms with van der Waals surface area (Å²) in [7, 11) is 0. The molecule has 2 atom stereocenters. The molecule has 2 heteroatoms. The zero-order valence-corrected chi connectivity index (χ0v) is 11.1. The molecular formula is C16H20O2. The number of hydrogen-bond acceptors (Lipinski definition) is 2. The highest BCUT2D eigenvalue weighted by molar-refractivity contribution is 5.78. The lowest BCUT2D eigenvalue weighted by molar-refractivity contribution is -0.146. The van der Waals surface area contributed by atoms with Gasteiger partial charge in [0.15, 0.2) is 0 Å². The van der Waals surface area contributed by atoms with E-state index in [1.54, 1.807) is 0 Å². The van der Waals surface area contributed by atoms with Crippen molar-refractivity contribution in [2.45, 2.75) is 20.3 Å². The second kappa shape index (κ2) is 4.97. The topological polar surface area (TPSA) is 26.3 Å². The predicted molar refractivity (Wildman–Crippen MR) is 72.1 cm³/mol. The molecule has 0 heterocycles. The Bertz CT molecular complexity index is 434. The zero-order valence-electron chi connectivity index (χ0n) is 11.1. The molecule has 0 bridgehead atoms. The van der Waals surface area contributed by atoms with Gasteiger partial charge in [-0.1, -0.05) is 50.3 Å². The summed E-state index contributed by atoms with van der Waals surface area (Å²) in [5.41, 5.74) is 1.21. The molecule has 1 aromatic rings. The minimum atomic E-state index is -0.0826. The van der Waals surface area contributed by atoms with E-state index in [2.05, 4.69) is 20.4 Å². The van der Waals surface area contributed by atoms with Crippen molar-refractivity contribution in [3.05, 3.63) is 48.6 Å². The molecule has 1 aliphatic carbocycles. The van der Waals surface area contributed by atoms with Gasteiger partial charge in [-0.15, -0.1) is 6.58 Å². The zero-order chi connectivity index (χ0) is 13.2. The van der Waals surface area contributed by atoms with Gasteiger partial charge in [-0.3, -0.25) is 4.79 Å². The number of esters is 1. The van der Waals surface area contributed by atoms with E-state index in [0.717, 1.165) is 6.42 Å². The molecule has 2 rings (SSSR count). The fourth-order valence-electron chi connectivity index (χ4n) is 2.57. The second-order valence-electron chi connectivity index (χ2n) is 5.46. The second-order valence-corrected chi connectivity index (χ2v) is 5.46. The van der Waals surface area contributed by atoms with E-state index < -0.39 is 0 Å². The molecule has 0 saturated heterocycles. The molecule has 0 radical (unpaired) electrons. The summed E-state index contributed by atoms with van der Waals surface area (Å²) >= 11 is 0. The van der Waals surface area contributed by atoms with Gasteiger partial charge in [0.25, 0.3) is 0 Å². The van der Waals surface area contributed by atoms with Crippen LogP contribution in [0.5, 0.6) is 0 Å². The van der Waals surface area contributed by atoms with Crippen molar-refractivity contribution in [3.8, 4) is 0 Å². The maximum Gasteiger partial charge on any atom is 0.310 e. The molecule has 0 unspecified atom stereocenters. The number of carbonyl (C=O) groups excluding carboxylic acids is 1. The average Bonchev–Trinajstić information content (AvgIpc) is 2.92. The van der Waals surface area contributed by atoms with Gasteiger partial charge in [0.05, 0.1) is 12.5 Å². The fourth-order valence-corrected chi connectivity index (χ4v) is 2.57. The highest BCUT2D eigenvalue weighted by atomic mass is 16.5. The molecule has 0 aromatic heterocycles. The quantitative estimate of drug-likeness (QED) is 0.587.